The Hall–Kier alpha value is -1.79. The topological polar surface area (TPSA) is 77.8 Å². The number of thiophene rings is 1. The van der Waals surface area contributed by atoms with E-state index in [0.29, 0.717) is 17.6 Å². The highest BCUT2D eigenvalue weighted by molar-refractivity contribution is 7.17. The lowest BCUT2D eigenvalue weighted by molar-refractivity contribution is 0.299. The Morgan fingerprint density at radius 3 is 3.19 bits per heavy atom. The summed E-state index contributed by atoms with van der Waals surface area (Å²) in [4.78, 5) is 8.98. The monoisotopic (exact) mass is 300 g/mol. The lowest BCUT2D eigenvalue weighted by Gasteiger charge is -2.23. The van der Waals surface area contributed by atoms with Gasteiger partial charge in [-0.25, -0.2) is 0 Å². The fraction of sp³-hybridized carbons (Fsp3) is 0.400. The van der Waals surface area contributed by atoms with Crippen LogP contribution < -0.4 is 5.73 Å². The average molecular weight is 300 g/mol. The Labute approximate surface area is 126 Å². The zero-order valence-electron chi connectivity index (χ0n) is 11.5. The van der Waals surface area contributed by atoms with Crippen LogP contribution >= 0.6 is 11.3 Å². The van der Waals surface area contributed by atoms with Gasteiger partial charge in [0.15, 0.2) is 0 Å². The summed E-state index contributed by atoms with van der Waals surface area (Å²) < 4.78 is 6.60. The Morgan fingerprint density at radius 1 is 1.33 bits per heavy atom. The quantitative estimate of drug-likeness (QED) is 0.785. The van der Waals surface area contributed by atoms with Gasteiger partial charge in [0, 0.05) is 23.7 Å². The summed E-state index contributed by atoms with van der Waals surface area (Å²) >= 11 is 1.67. The number of hydrogen-bond donors (Lipinski definition) is 1. The van der Waals surface area contributed by atoms with E-state index in [-0.39, 0.29) is 6.04 Å². The first-order valence-electron chi connectivity index (χ1n) is 7.22. The maximum Gasteiger partial charge on any atom is 0.230 e. The zero-order valence-corrected chi connectivity index (χ0v) is 12.3. The molecule has 0 amide bonds. The van der Waals surface area contributed by atoms with Crippen molar-refractivity contribution in [2.45, 2.75) is 37.6 Å². The first-order valence-corrected chi connectivity index (χ1v) is 8.10. The maximum atomic E-state index is 6.03. The number of pyridine rings is 1. The van der Waals surface area contributed by atoms with Crippen molar-refractivity contribution < 1.29 is 4.52 Å². The predicted molar refractivity (Wildman–Crippen MR) is 82.1 cm³/mol. The minimum absolute atomic E-state index is 0.253. The summed E-state index contributed by atoms with van der Waals surface area (Å²) in [5.74, 6) is 1.63. The van der Waals surface area contributed by atoms with Crippen LogP contribution in [0.3, 0.4) is 0 Å². The van der Waals surface area contributed by atoms with Crippen molar-refractivity contribution in [2.24, 2.45) is 5.73 Å². The van der Waals surface area contributed by atoms with E-state index in [1.54, 1.807) is 17.5 Å². The molecule has 0 saturated heterocycles. The van der Waals surface area contributed by atoms with Crippen molar-refractivity contribution in [1.82, 2.24) is 15.1 Å². The molecule has 1 fully saturated rings. The SMILES string of the molecule is NC1CCCC(c2nc(-c3cnc4ccsc4c3)no2)C1. The Balaban J connectivity index is 1.63. The third-order valence-electron chi connectivity index (χ3n) is 4.07. The molecule has 2 atom stereocenters. The van der Waals surface area contributed by atoms with Crippen LogP contribution in [0, 0.1) is 0 Å². The molecule has 6 heteroatoms. The normalized spacial score (nSPS) is 22.7. The van der Waals surface area contributed by atoms with Crippen LogP contribution in [0.25, 0.3) is 21.6 Å². The van der Waals surface area contributed by atoms with Gasteiger partial charge in [-0.3, -0.25) is 4.98 Å². The van der Waals surface area contributed by atoms with E-state index in [9.17, 15) is 0 Å². The van der Waals surface area contributed by atoms with Gasteiger partial charge in [0.25, 0.3) is 0 Å². The predicted octanol–water partition coefficient (Wildman–Crippen LogP) is 3.33. The van der Waals surface area contributed by atoms with E-state index in [1.165, 1.54) is 0 Å². The molecule has 1 aliphatic rings. The zero-order chi connectivity index (χ0) is 14.2. The van der Waals surface area contributed by atoms with Crippen LogP contribution in [0.5, 0.6) is 0 Å². The molecule has 0 spiro atoms. The maximum absolute atomic E-state index is 6.03. The molecule has 108 valence electrons. The van der Waals surface area contributed by atoms with Gasteiger partial charge >= 0.3 is 0 Å². The van der Waals surface area contributed by atoms with Crippen LogP contribution in [0.2, 0.25) is 0 Å². The molecular weight excluding hydrogens is 284 g/mol. The number of nitrogens with two attached hydrogens (primary N) is 1. The summed E-state index contributed by atoms with van der Waals surface area (Å²) in [6.45, 7) is 0. The van der Waals surface area contributed by atoms with Gasteiger partial charge < -0.3 is 10.3 Å². The average Bonchev–Trinajstić information content (AvgIpc) is 3.15. The van der Waals surface area contributed by atoms with E-state index in [4.69, 9.17) is 10.3 Å². The molecule has 4 rings (SSSR count). The molecule has 3 aromatic rings. The lowest BCUT2D eigenvalue weighted by Crippen LogP contribution is -2.26. The molecule has 3 aromatic heterocycles. The summed E-state index contributed by atoms with van der Waals surface area (Å²) in [5.41, 5.74) is 7.94. The van der Waals surface area contributed by atoms with Gasteiger partial charge in [0.1, 0.15) is 0 Å². The Bertz CT molecular complexity index is 766. The van der Waals surface area contributed by atoms with E-state index in [1.807, 2.05) is 11.4 Å². The summed E-state index contributed by atoms with van der Waals surface area (Å²) in [7, 11) is 0. The lowest BCUT2D eigenvalue weighted by atomic mass is 9.86. The molecule has 0 aliphatic heterocycles. The third kappa shape index (κ3) is 2.45. The number of aromatic nitrogens is 3. The number of rotatable bonds is 2. The second kappa shape index (κ2) is 5.20. The molecule has 0 radical (unpaired) electrons. The molecule has 5 nitrogen and oxygen atoms in total. The van der Waals surface area contributed by atoms with Gasteiger partial charge in [-0.1, -0.05) is 11.6 Å². The van der Waals surface area contributed by atoms with Crippen molar-refractivity contribution in [3.63, 3.8) is 0 Å². The molecule has 1 aliphatic carbocycles. The first-order chi connectivity index (χ1) is 10.3. The van der Waals surface area contributed by atoms with E-state index in [0.717, 1.165) is 41.5 Å². The van der Waals surface area contributed by atoms with Gasteiger partial charge in [0.05, 0.1) is 10.2 Å². The van der Waals surface area contributed by atoms with Gasteiger partial charge in [-0.2, -0.15) is 4.98 Å². The van der Waals surface area contributed by atoms with Crippen LogP contribution in [0.15, 0.2) is 28.2 Å². The Kier molecular flexibility index (Phi) is 3.20. The molecule has 1 saturated carbocycles. The van der Waals surface area contributed by atoms with Gasteiger partial charge in [0.2, 0.25) is 11.7 Å². The molecule has 2 N–H and O–H groups in total. The van der Waals surface area contributed by atoms with Crippen LogP contribution in [0.4, 0.5) is 0 Å². The van der Waals surface area contributed by atoms with Crippen LogP contribution in [-0.2, 0) is 0 Å². The fourth-order valence-electron chi connectivity index (χ4n) is 2.94. The van der Waals surface area contributed by atoms with Crippen molar-refractivity contribution in [3.05, 3.63) is 29.6 Å². The van der Waals surface area contributed by atoms with Crippen molar-refractivity contribution in [2.75, 3.05) is 0 Å². The highest BCUT2D eigenvalue weighted by Crippen LogP contribution is 2.32. The number of fused-ring (bicyclic) bond motifs is 1. The summed E-state index contributed by atoms with van der Waals surface area (Å²) in [5, 5.41) is 6.15. The van der Waals surface area contributed by atoms with E-state index >= 15 is 0 Å². The van der Waals surface area contributed by atoms with E-state index < -0.39 is 0 Å². The minimum Gasteiger partial charge on any atom is -0.339 e. The van der Waals surface area contributed by atoms with Crippen molar-refractivity contribution in [1.29, 1.82) is 0 Å². The molecule has 0 aromatic carbocycles. The molecule has 21 heavy (non-hydrogen) atoms. The standard InChI is InChI=1S/C15H16N4OS/c16-11-3-1-2-9(6-11)15-18-14(19-20-15)10-7-13-12(17-8-10)4-5-21-13/h4-5,7-9,11H,1-3,6,16H2. The highest BCUT2D eigenvalue weighted by atomic mass is 32.1. The van der Waals surface area contributed by atoms with Crippen LogP contribution in [0.1, 0.15) is 37.5 Å². The van der Waals surface area contributed by atoms with E-state index in [2.05, 4.69) is 21.2 Å². The third-order valence-corrected chi connectivity index (χ3v) is 4.92. The minimum atomic E-state index is 0.253. The molecular formula is C15H16N4OS. The fourth-order valence-corrected chi connectivity index (χ4v) is 3.72. The number of hydrogen-bond acceptors (Lipinski definition) is 6. The van der Waals surface area contributed by atoms with Gasteiger partial charge in [-0.05, 0) is 36.8 Å². The van der Waals surface area contributed by atoms with Crippen molar-refractivity contribution >= 4 is 21.6 Å². The largest absolute Gasteiger partial charge is 0.339 e. The molecule has 3 heterocycles. The molecule has 0 bridgehead atoms. The second-order valence-corrected chi connectivity index (χ2v) is 6.56. The van der Waals surface area contributed by atoms with Gasteiger partial charge in [-0.15, -0.1) is 11.3 Å². The number of nitrogens with zero attached hydrogens (tertiary/aromatic N) is 3. The molecule has 2 unspecified atom stereocenters. The van der Waals surface area contributed by atoms with Crippen molar-refractivity contribution in [3.8, 4) is 11.4 Å². The summed E-state index contributed by atoms with van der Waals surface area (Å²) in [6, 6.07) is 4.33. The first kappa shape index (κ1) is 12.9. The Morgan fingerprint density at radius 2 is 2.29 bits per heavy atom. The second-order valence-electron chi connectivity index (χ2n) is 5.61. The van der Waals surface area contributed by atoms with Crippen LogP contribution in [-0.4, -0.2) is 21.2 Å². The smallest absolute Gasteiger partial charge is 0.230 e. The summed E-state index contributed by atoms with van der Waals surface area (Å²) in [6.07, 6.45) is 6.04. The highest BCUT2D eigenvalue weighted by Gasteiger charge is 2.25.